The molecule has 1 fully saturated rings. The molecule has 1 saturated heterocycles. The number of carbonyl (C=O) groups excluding carboxylic acids is 2. The minimum absolute atomic E-state index is 0.0224. The second-order valence-electron chi connectivity index (χ2n) is 6.34. The number of hydrogen-bond donors (Lipinski definition) is 1. The Kier molecular flexibility index (Phi) is 4.63. The van der Waals surface area contributed by atoms with Crippen LogP contribution in [0.4, 0.5) is 13.6 Å². The fourth-order valence-corrected chi connectivity index (χ4v) is 2.93. The standard InChI is InChI=1S/C19H18F2N2O3/c1-12-6-8-14(9-7-12)19(2)16(24)23(18(25)22-19)11-13-4-3-5-15(10-13)26-17(20)21/h3-10,17H,11H2,1-2H3,(H,22,25). The van der Waals surface area contributed by atoms with Gasteiger partial charge in [-0.15, -0.1) is 0 Å². The maximum atomic E-state index is 12.9. The zero-order valence-electron chi connectivity index (χ0n) is 14.3. The molecular formula is C19H18F2N2O3. The fourth-order valence-electron chi connectivity index (χ4n) is 2.93. The van der Waals surface area contributed by atoms with Crippen molar-refractivity contribution in [3.8, 4) is 5.75 Å². The van der Waals surface area contributed by atoms with E-state index < -0.39 is 24.1 Å². The van der Waals surface area contributed by atoms with Gasteiger partial charge in [-0.1, -0.05) is 42.0 Å². The predicted molar refractivity (Wildman–Crippen MR) is 90.7 cm³/mol. The summed E-state index contributed by atoms with van der Waals surface area (Å²) in [5.74, 6) is -0.419. The smallest absolute Gasteiger partial charge is 0.387 e. The normalized spacial score (nSPS) is 19.8. The number of urea groups is 1. The fraction of sp³-hybridized carbons (Fsp3) is 0.263. The number of aryl methyl sites for hydroxylation is 1. The van der Waals surface area contributed by atoms with Gasteiger partial charge in [-0.25, -0.2) is 4.79 Å². The Hall–Kier alpha value is -2.96. The van der Waals surface area contributed by atoms with E-state index in [1.807, 2.05) is 19.1 Å². The Morgan fingerprint density at radius 2 is 1.85 bits per heavy atom. The number of alkyl halides is 2. The number of rotatable bonds is 5. The van der Waals surface area contributed by atoms with Crippen molar-refractivity contribution in [2.24, 2.45) is 0 Å². The first-order valence-electron chi connectivity index (χ1n) is 8.04. The summed E-state index contributed by atoms with van der Waals surface area (Å²) in [6.45, 7) is 0.606. The first kappa shape index (κ1) is 17.8. The summed E-state index contributed by atoms with van der Waals surface area (Å²) in [4.78, 5) is 26.3. The highest BCUT2D eigenvalue weighted by molar-refractivity contribution is 6.07. The average molecular weight is 360 g/mol. The molecule has 2 aromatic carbocycles. The summed E-state index contributed by atoms with van der Waals surface area (Å²) < 4.78 is 29.1. The molecule has 0 radical (unpaired) electrons. The Morgan fingerprint density at radius 3 is 2.50 bits per heavy atom. The molecule has 1 heterocycles. The molecule has 3 rings (SSSR count). The maximum absolute atomic E-state index is 12.9. The molecule has 1 atom stereocenters. The van der Waals surface area contributed by atoms with Crippen LogP contribution in [-0.2, 0) is 16.9 Å². The van der Waals surface area contributed by atoms with Crippen molar-refractivity contribution >= 4 is 11.9 Å². The molecule has 0 aliphatic carbocycles. The minimum atomic E-state index is -2.94. The predicted octanol–water partition coefficient (Wildman–Crippen LogP) is 3.56. The van der Waals surface area contributed by atoms with Crippen molar-refractivity contribution in [1.82, 2.24) is 10.2 Å². The second kappa shape index (κ2) is 6.74. The third kappa shape index (κ3) is 3.37. The van der Waals surface area contributed by atoms with Gasteiger partial charge in [0.2, 0.25) is 0 Å². The lowest BCUT2D eigenvalue weighted by atomic mass is 9.91. The molecule has 1 aliphatic heterocycles. The van der Waals surface area contributed by atoms with Crippen LogP contribution in [0.15, 0.2) is 48.5 Å². The van der Waals surface area contributed by atoms with Crippen molar-refractivity contribution in [2.45, 2.75) is 32.5 Å². The van der Waals surface area contributed by atoms with E-state index in [1.54, 1.807) is 25.1 Å². The number of nitrogens with zero attached hydrogens (tertiary/aromatic N) is 1. The van der Waals surface area contributed by atoms with Gasteiger partial charge in [0, 0.05) is 0 Å². The topological polar surface area (TPSA) is 58.6 Å². The molecule has 1 unspecified atom stereocenters. The van der Waals surface area contributed by atoms with Crippen molar-refractivity contribution in [3.05, 3.63) is 65.2 Å². The van der Waals surface area contributed by atoms with Crippen LogP contribution in [-0.4, -0.2) is 23.4 Å². The summed E-state index contributed by atoms with van der Waals surface area (Å²) in [7, 11) is 0. The van der Waals surface area contributed by atoms with Crippen molar-refractivity contribution < 1.29 is 23.1 Å². The van der Waals surface area contributed by atoms with Crippen LogP contribution < -0.4 is 10.1 Å². The van der Waals surface area contributed by atoms with Crippen LogP contribution in [0.25, 0.3) is 0 Å². The van der Waals surface area contributed by atoms with E-state index in [9.17, 15) is 18.4 Å². The number of ether oxygens (including phenoxy) is 1. The Balaban J connectivity index is 1.82. The summed E-state index contributed by atoms with van der Waals surface area (Å²) in [6.07, 6.45) is 0. The summed E-state index contributed by atoms with van der Waals surface area (Å²) in [5.41, 5.74) is 1.07. The molecule has 7 heteroatoms. The van der Waals surface area contributed by atoms with Gasteiger partial charge in [-0.3, -0.25) is 9.69 Å². The highest BCUT2D eigenvalue weighted by Crippen LogP contribution is 2.30. The number of hydrogen-bond acceptors (Lipinski definition) is 3. The molecule has 26 heavy (non-hydrogen) atoms. The highest BCUT2D eigenvalue weighted by atomic mass is 19.3. The van der Waals surface area contributed by atoms with Crippen molar-refractivity contribution in [3.63, 3.8) is 0 Å². The Labute approximate surface area is 149 Å². The van der Waals surface area contributed by atoms with E-state index in [4.69, 9.17) is 0 Å². The number of amides is 3. The van der Waals surface area contributed by atoms with Crippen molar-refractivity contribution in [1.29, 1.82) is 0 Å². The van der Waals surface area contributed by atoms with E-state index in [0.717, 1.165) is 10.5 Å². The Morgan fingerprint density at radius 1 is 1.15 bits per heavy atom. The molecule has 1 N–H and O–H groups in total. The quantitative estimate of drug-likeness (QED) is 0.830. The van der Waals surface area contributed by atoms with Gasteiger partial charge in [-0.05, 0) is 37.1 Å². The molecule has 2 aromatic rings. The van der Waals surface area contributed by atoms with Gasteiger partial charge >= 0.3 is 12.6 Å². The van der Waals surface area contributed by atoms with Crippen molar-refractivity contribution in [2.75, 3.05) is 0 Å². The molecule has 0 spiro atoms. The zero-order chi connectivity index (χ0) is 18.9. The van der Waals surface area contributed by atoms with Crippen LogP contribution in [0.2, 0.25) is 0 Å². The molecular weight excluding hydrogens is 342 g/mol. The van der Waals surface area contributed by atoms with E-state index in [0.29, 0.717) is 11.1 Å². The summed E-state index contributed by atoms with van der Waals surface area (Å²) in [5, 5.41) is 2.72. The molecule has 136 valence electrons. The zero-order valence-corrected chi connectivity index (χ0v) is 14.3. The van der Waals surface area contributed by atoms with Gasteiger partial charge in [0.25, 0.3) is 5.91 Å². The van der Waals surface area contributed by atoms with Crippen LogP contribution in [0.1, 0.15) is 23.6 Å². The molecule has 3 amide bonds. The minimum Gasteiger partial charge on any atom is -0.435 e. The summed E-state index contributed by atoms with van der Waals surface area (Å²) >= 11 is 0. The van der Waals surface area contributed by atoms with Gasteiger partial charge in [0.1, 0.15) is 11.3 Å². The van der Waals surface area contributed by atoms with Crippen LogP contribution in [0.3, 0.4) is 0 Å². The summed E-state index contributed by atoms with van der Waals surface area (Å²) in [6, 6.07) is 12.7. The molecule has 1 aliphatic rings. The first-order valence-corrected chi connectivity index (χ1v) is 8.04. The number of benzene rings is 2. The number of imide groups is 1. The van der Waals surface area contributed by atoms with Crippen LogP contribution >= 0.6 is 0 Å². The average Bonchev–Trinajstić information content (AvgIpc) is 2.79. The lowest BCUT2D eigenvalue weighted by Gasteiger charge is -2.22. The van der Waals surface area contributed by atoms with E-state index in [2.05, 4.69) is 10.1 Å². The highest BCUT2D eigenvalue weighted by Gasteiger charge is 2.48. The number of halogens is 2. The monoisotopic (exact) mass is 360 g/mol. The SMILES string of the molecule is Cc1ccc(C2(C)NC(=O)N(Cc3cccc(OC(F)F)c3)C2=O)cc1. The van der Waals surface area contributed by atoms with Gasteiger partial charge < -0.3 is 10.1 Å². The van der Waals surface area contributed by atoms with E-state index in [1.165, 1.54) is 18.2 Å². The maximum Gasteiger partial charge on any atom is 0.387 e. The van der Waals surface area contributed by atoms with E-state index in [-0.39, 0.29) is 12.3 Å². The Bertz CT molecular complexity index is 839. The molecule has 0 aromatic heterocycles. The lowest BCUT2D eigenvalue weighted by molar-refractivity contribution is -0.131. The van der Waals surface area contributed by atoms with Crippen LogP contribution in [0, 0.1) is 6.92 Å². The van der Waals surface area contributed by atoms with Crippen LogP contribution in [0.5, 0.6) is 5.75 Å². The van der Waals surface area contributed by atoms with Gasteiger partial charge in [0.15, 0.2) is 0 Å². The van der Waals surface area contributed by atoms with E-state index >= 15 is 0 Å². The molecule has 5 nitrogen and oxygen atoms in total. The number of nitrogens with one attached hydrogen (secondary N) is 1. The molecule has 0 bridgehead atoms. The number of carbonyl (C=O) groups is 2. The van der Waals surface area contributed by atoms with Gasteiger partial charge in [-0.2, -0.15) is 8.78 Å². The largest absolute Gasteiger partial charge is 0.435 e. The second-order valence-corrected chi connectivity index (χ2v) is 6.34. The third-order valence-corrected chi connectivity index (χ3v) is 4.37. The lowest BCUT2D eigenvalue weighted by Crippen LogP contribution is -2.40. The first-order chi connectivity index (χ1) is 12.3. The third-order valence-electron chi connectivity index (χ3n) is 4.37. The van der Waals surface area contributed by atoms with Gasteiger partial charge in [0.05, 0.1) is 6.54 Å². The molecule has 0 saturated carbocycles.